The van der Waals surface area contributed by atoms with E-state index in [2.05, 4.69) is 10.6 Å². The summed E-state index contributed by atoms with van der Waals surface area (Å²) in [6, 6.07) is 8.38. The molecule has 2 heterocycles. The first kappa shape index (κ1) is 21.8. The number of sulfonamides is 1. The smallest absolute Gasteiger partial charge is 0.313 e. The van der Waals surface area contributed by atoms with Gasteiger partial charge in [-0.2, -0.15) is 0 Å². The highest BCUT2D eigenvalue weighted by Gasteiger charge is 2.25. The number of fused-ring (bicyclic) bond motifs is 1. The van der Waals surface area contributed by atoms with Crippen LogP contribution in [0.2, 0.25) is 0 Å². The summed E-state index contributed by atoms with van der Waals surface area (Å²) in [6.45, 7) is 0.585. The van der Waals surface area contributed by atoms with Crippen LogP contribution in [-0.4, -0.2) is 58.6 Å². The van der Waals surface area contributed by atoms with Gasteiger partial charge in [-0.05, 0) is 56.8 Å². The van der Waals surface area contributed by atoms with Gasteiger partial charge in [-0.3, -0.25) is 18.8 Å². The molecule has 1 aromatic heterocycles. The average molecular weight is 435 g/mol. The zero-order valence-corrected chi connectivity index (χ0v) is 18.0. The van der Waals surface area contributed by atoms with Crippen molar-refractivity contribution in [2.75, 3.05) is 43.1 Å². The van der Waals surface area contributed by atoms with Gasteiger partial charge in [-0.25, -0.2) is 8.42 Å². The van der Waals surface area contributed by atoms with Crippen LogP contribution in [0.1, 0.15) is 23.8 Å². The van der Waals surface area contributed by atoms with Crippen molar-refractivity contribution < 1.29 is 22.4 Å². The molecule has 1 aliphatic rings. The molecule has 2 aromatic rings. The normalized spacial score (nSPS) is 14.9. The summed E-state index contributed by atoms with van der Waals surface area (Å²) >= 11 is 0. The molecule has 9 nitrogen and oxygen atoms in total. The molecule has 0 radical (unpaired) electrons. The Hall–Kier alpha value is -2.85. The number of benzene rings is 1. The number of carbonyl (C=O) groups is 2. The highest BCUT2D eigenvalue weighted by atomic mass is 32.2. The highest BCUT2D eigenvalue weighted by molar-refractivity contribution is 7.92. The Labute approximate surface area is 176 Å². The van der Waals surface area contributed by atoms with E-state index in [0.717, 1.165) is 24.7 Å². The fourth-order valence-corrected chi connectivity index (χ4v) is 4.43. The summed E-state index contributed by atoms with van der Waals surface area (Å²) in [5.74, 6) is -0.934. The minimum Gasteiger partial charge on any atom is -0.468 e. The van der Waals surface area contributed by atoms with Gasteiger partial charge in [0.15, 0.2) is 0 Å². The molecule has 1 unspecified atom stereocenters. The topological polar surface area (TPSA) is 112 Å². The minimum absolute atomic E-state index is 0.193. The Morgan fingerprint density at radius 1 is 1.23 bits per heavy atom. The predicted molar refractivity (Wildman–Crippen MR) is 114 cm³/mol. The Morgan fingerprint density at radius 2 is 2.00 bits per heavy atom. The van der Waals surface area contributed by atoms with E-state index in [1.54, 1.807) is 36.6 Å². The molecule has 0 spiro atoms. The molecule has 0 saturated heterocycles. The minimum atomic E-state index is -3.42. The first-order valence-corrected chi connectivity index (χ1v) is 11.4. The monoisotopic (exact) mass is 434 g/mol. The zero-order chi connectivity index (χ0) is 21.9. The molecule has 1 atom stereocenters. The second-order valence-corrected chi connectivity index (χ2v) is 9.35. The molecule has 1 aromatic carbocycles. The number of nitrogens with zero attached hydrogens (tertiary/aromatic N) is 2. The van der Waals surface area contributed by atoms with E-state index >= 15 is 0 Å². The number of hydrogen-bond acceptors (Lipinski definition) is 6. The maximum atomic E-state index is 12.3. The van der Waals surface area contributed by atoms with E-state index in [1.165, 1.54) is 4.31 Å². The Morgan fingerprint density at radius 3 is 2.63 bits per heavy atom. The van der Waals surface area contributed by atoms with Gasteiger partial charge in [0.1, 0.15) is 5.76 Å². The predicted octanol–water partition coefficient (Wildman–Crippen LogP) is 1.35. The number of likely N-dealkylation sites (N-methyl/N-ethyl adjacent to an activating group) is 1. The maximum absolute atomic E-state index is 12.3. The lowest BCUT2D eigenvalue weighted by Crippen LogP contribution is -2.40. The summed E-state index contributed by atoms with van der Waals surface area (Å²) < 4.78 is 30.8. The van der Waals surface area contributed by atoms with Crippen LogP contribution in [-0.2, 0) is 26.0 Å². The number of anilines is 2. The van der Waals surface area contributed by atoms with E-state index in [-0.39, 0.29) is 12.6 Å². The number of hydrogen-bond donors (Lipinski definition) is 2. The lowest BCUT2D eigenvalue weighted by atomic mass is 10.0. The molecule has 1 aliphatic heterocycles. The van der Waals surface area contributed by atoms with Crippen molar-refractivity contribution in [3.8, 4) is 0 Å². The summed E-state index contributed by atoms with van der Waals surface area (Å²) in [5, 5.41) is 5.15. The molecule has 0 bridgehead atoms. The fourth-order valence-electron chi connectivity index (χ4n) is 3.44. The Bertz CT molecular complexity index is 1020. The highest BCUT2D eigenvalue weighted by Crippen LogP contribution is 2.31. The van der Waals surface area contributed by atoms with Crippen LogP contribution >= 0.6 is 0 Å². The number of furan rings is 1. The largest absolute Gasteiger partial charge is 0.468 e. The summed E-state index contributed by atoms with van der Waals surface area (Å²) in [6.07, 6.45) is 4.20. The van der Waals surface area contributed by atoms with Gasteiger partial charge >= 0.3 is 11.8 Å². The van der Waals surface area contributed by atoms with Crippen LogP contribution in [0.4, 0.5) is 11.4 Å². The second kappa shape index (κ2) is 8.88. The number of aryl methyl sites for hydroxylation is 1. The third kappa shape index (κ3) is 5.00. The van der Waals surface area contributed by atoms with Crippen molar-refractivity contribution in [3.05, 3.63) is 47.9 Å². The SMILES string of the molecule is CN(C)C(CNC(=O)C(=O)Nc1ccc2c(c1)N(S(C)(=O)=O)CCC2)c1ccco1. The van der Waals surface area contributed by atoms with Crippen LogP contribution in [0.25, 0.3) is 0 Å². The summed E-state index contributed by atoms with van der Waals surface area (Å²) in [7, 11) is 0.274. The van der Waals surface area contributed by atoms with Crippen molar-refractivity contribution in [2.24, 2.45) is 0 Å². The molecule has 10 heteroatoms. The first-order chi connectivity index (χ1) is 14.2. The number of rotatable bonds is 6. The summed E-state index contributed by atoms with van der Waals surface area (Å²) in [5.41, 5.74) is 1.79. The molecule has 0 fully saturated rings. The lowest BCUT2D eigenvalue weighted by molar-refractivity contribution is -0.136. The number of amides is 2. The van der Waals surface area contributed by atoms with Gasteiger partial charge in [-0.1, -0.05) is 6.07 Å². The van der Waals surface area contributed by atoms with Crippen molar-refractivity contribution in [1.82, 2.24) is 10.2 Å². The summed E-state index contributed by atoms with van der Waals surface area (Å²) in [4.78, 5) is 26.5. The van der Waals surface area contributed by atoms with E-state index in [9.17, 15) is 18.0 Å². The van der Waals surface area contributed by atoms with E-state index in [1.807, 2.05) is 19.0 Å². The molecule has 30 heavy (non-hydrogen) atoms. The second-order valence-electron chi connectivity index (χ2n) is 7.44. The third-order valence-electron chi connectivity index (χ3n) is 4.98. The third-order valence-corrected chi connectivity index (χ3v) is 6.16. The Kier molecular flexibility index (Phi) is 6.47. The molecule has 0 saturated carbocycles. The maximum Gasteiger partial charge on any atom is 0.313 e. The zero-order valence-electron chi connectivity index (χ0n) is 17.2. The standard InChI is InChI=1S/C20H26N4O5S/c1-23(2)17(18-7-5-11-29-18)13-21-19(25)20(26)22-15-9-8-14-6-4-10-24(16(14)12-15)30(3,27)28/h5,7-9,11-12,17H,4,6,10,13H2,1-3H3,(H,21,25)(H,22,26). The molecule has 2 N–H and O–H groups in total. The van der Waals surface area contributed by atoms with Crippen LogP contribution in [0.3, 0.4) is 0 Å². The van der Waals surface area contributed by atoms with Gasteiger partial charge < -0.3 is 15.1 Å². The van der Waals surface area contributed by atoms with E-state index < -0.39 is 21.8 Å². The van der Waals surface area contributed by atoms with Gasteiger partial charge in [0.2, 0.25) is 10.0 Å². The average Bonchev–Trinajstić information content (AvgIpc) is 3.20. The van der Waals surface area contributed by atoms with Gasteiger partial charge in [-0.15, -0.1) is 0 Å². The quantitative estimate of drug-likeness (QED) is 0.664. The van der Waals surface area contributed by atoms with Crippen LogP contribution in [0.5, 0.6) is 0 Å². The van der Waals surface area contributed by atoms with Crippen molar-refractivity contribution in [1.29, 1.82) is 0 Å². The number of nitrogens with one attached hydrogen (secondary N) is 2. The van der Waals surface area contributed by atoms with Crippen LogP contribution < -0.4 is 14.9 Å². The fraction of sp³-hybridized carbons (Fsp3) is 0.400. The van der Waals surface area contributed by atoms with Crippen LogP contribution in [0, 0.1) is 0 Å². The molecule has 3 rings (SSSR count). The van der Waals surface area contributed by atoms with Gasteiger partial charge in [0.25, 0.3) is 0 Å². The molecular weight excluding hydrogens is 408 g/mol. The van der Waals surface area contributed by atoms with Gasteiger partial charge in [0.05, 0.1) is 24.2 Å². The number of carbonyl (C=O) groups excluding carboxylic acids is 2. The molecule has 0 aliphatic carbocycles. The van der Waals surface area contributed by atoms with E-state index in [4.69, 9.17) is 4.42 Å². The van der Waals surface area contributed by atoms with Crippen LogP contribution in [0.15, 0.2) is 41.0 Å². The van der Waals surface area contributed by atoms with Crippen molar-refractivity contribution in [2.45, 2.75) is 18.9 Å². The first-order valence-electron chi connectivity index (χ1n) is 9.56. The lowest BCUT2D eigenvalue weighted by Gasteiger charge is -2.29. The van der Waals surface area contributed by atoms with Crippen molar-refractivity contribution >= 4 is 33.2 Å². The van der Waals surface area contributed by atoms with Crippen molar-refractivity contribution in [3.63, 3.8) is 0 Å². The molecule has 2 amide bonds. The Balaban J connectivity index is 1.66. The van der Waals surface area contributed by atoms with E-state index in [0.29, 0.717) is 23.7 Å². The molecule has 162 valence electrons. The molecular formula is C20H26N4O5S. The van der Waals surface area contributed by atoms with Gasteiger partial charge in [0, 0.05) is 18.8 Å².